The van der Waals surface area contributed by atoms with Crippen molar-refractivity contribution in [1.29, 1.82) is 0 Å². The maximum Gasteiger partial charge on any atom is 0.0582 e. The standard InChI is InChI=1S/C23H42ClN3O/c1-4-27(5-2)16-17-14-19(10-12-22(17)28)26-21-8-6-7-13-23(25-3)15-18(24)9-11-20(21)23/h8,17-20,22,25-26,28H,4-7,9-16H2,1-3H3/t17?,18?,19?,20-,22?,23?/m1/s1. The molecule has 5 heteroatoms. The van der Waals surface area contributed by atoms with E-state index in [0.717, 1.165) is 58.2 Å². The molecule has 6 atom stereocenters. The van der Waals surface area contributed by atoms with Gasteiger partial charge in [-0.1, -0.05) is 19.9 Å². The monoisotopic (exact) mass is 411 g/mol. The van der Waals surface area contributed by atoms with Crippen LogP contribution in [0.4, 0.5) is 0 Å². The van der Waals surface area contributed by atoms with Crippen molar-refractivity contribution in [3.05, 3.63) is 11.8 Å². The van der Waals surface area contributed by atoms with Gasteiger partial charge in [0.2, 0.25) is 0 Å². The Bertz CT molecular complexity index is 524. The van der Waals surface area contributed by atoms with E-state index in [1.807, 2.05) is 0 Å². The Morgan fingerprint density at radius 1 is 1.21 bits per heavy atom. The first-order valence-electron chi connectivity index (χ1n) is 11.7. The minimum absolute atomic E-state index is 0.148. The first kappa shape index (κ1) is 22.4. The molecule has 0 amide bonds. The second kappa shape index (κ2) is 10.1. The second-order valence-electron chi connectivity index (χ2n) is 9.36. The topological polar surface area (TPSA) is 47.5 Å². The highest BCUT2D eigenvalue weighted by atomic mass is 35.5. The molecule has 0 spiro atoms. The molecular weight excluding hydrogens is 370 g/mol. The molecule has 28 heavy (non-hydrogen) atoms. The number of halogens is 1. The average Bonchev–Trinajstić information content (AvgIpc) is 2.87. The smallest absolute Gasteiger partial charge is 0.0582 e. The van der Waals surface area contributed by atoms with Crippen LogP contribution in [-0.2, 0) is 0 Å². The van der Waals surface area contributed by atoms with E-state index in [1.54, 1.807) is 0 Å². The molecule has 2 saturated carbocycles. The van der Waals surface area contributed by atoms with Crippen molar-refractivity contribution in [2.45, 2.75) is 94.7 Å². The number of allylic oxidation sites excluding steroid dienone is 1. The molecule has 0 radical (unpaired) electrons. The lowest BCUT2D eigenvalue weighted by Crippen LogP contribution is -2.56. The fraction of sp³-hybridized carbons (Fsp3) is 0.913. The fourth-order valence-electron chi connectivity index (χ4n) is 6.00. The molecule has 2 fully saturated rings. The van der Waals surface area contributed by atoms with Gasteiger partial charge in [0.05, 0.1) is 6.10 Å². The molecule has 0 heterocycles. The Labute approximate surface area is 177 Å². The Balaban J connectivity index is 1.68. The molecule has 0 aromatic carbocycles. The number of hydrogen-bond acceptors (Lipinski definition) is 4. The van der Waals surface area contributed by atoms with E-state index >= 15 is 0 Å². The summed E-state index contributed by atoms with van der Waals surface area (Å²) >= 11 is 6.60. The van der Waals surface area contributed by atoms with E-state index in [-0.39, 0.29) is 11.6 Å². The highest BCUT2D eigenvalue weighted by molar-refractivity contribution is 6.20. The van der Waals surface area contributed by atoms with Crippen LogP contribution in [-0.4, -0.2) is 59.8 Å². The lowest BCUT2D eigenvalue weighted by atomic mass is 9.69. The summed E-state index contributed by atoms with van der Waals surface area (Å²) in [5.74, 6) is 0.924. The van der Waals surface area contributed by atoms with Crippen LogP contribution in [0, 0.1) is 11.8 Å². The number of aliphatic hydroxyl groups is 1. The van der Waals surface area contributed by atoms with E-state index in [0.29, 0.717) is 23.3 Å². The molecule has 3 aliphatic rings. The summed E-state index contributed by atoms with van der Waals surface area (Å²) in [6.07, 6.45) is 12.4. The average molecular weight is 412 g/mol. The largest absolute Gasteiger partial charge is 0.393 e. The second-order valence-corrected chi connectivity index (χ2v) is 9.97. The highest BCUT2D eigenvalue weighted by Crippen LogP contribution is 2.44. The molecule has 0 aliphatic heterocycles. The third-order valence-electron chi connectivity index (χ3n) is 7.79. The molecule has 4 nitrogen and oxygen atoms in total. The van der Waals surface area contributed by atoms with E-state index in [4.69, 9.17) is 11.6 Å². The Kier molecular flexibility index (Phi) is 8.12. The van der Waals surface area contributed by atoms with Crippen LogP contribution in [0.2, 0.25) is 0 Å². The van der Waals surface area contributed by atoms with Crippen molar-refractivity contribution >= 4 is 11.6 Å². The Morgan fingerprint density at radius 2 is 2.00 bits per heavy atom. The molecule has 162 valence electrons. The van der Waals surface area contributed by atoms with Gasteiger partial charge in [-0.15, -0.1) is 11.6 Å². The predicted octanol–water partition coefficient (Wildman–Crippen LogP) is 3.88. The first-order valence-corrected chi connectivity index (χ1v) is 12.1. The molecular formula is C23H42ClN3O. The molecule has 0 bridgehead atoms. The SMILES string of the molecule is CCN(CC)CC1CC(NC2=CCCCC3(NC)CC(Cl)CC[C@H]23)CCC1O. The zero-order valence-corrected chi connectivity index (χ0v) is 19.0. The number of hydrogen-bond donors (Lipinski definition) is 3. The van der Waals surface area contributed by atoms with Crippen LogP contribution in [0.15, 0.2) is 11.8 Å². The molecule has 3 aliphatic carbocycles. The number of rotatable bonds is 7. The van der Waals surface area contributed by atoms with Crippen molar-refractivity contribution in [3.8, 4) is 0 Å². The normalized spacial score (nSPS) is 39.2. The Hall–Kier alpha value is -0.290. The lowest BCUT2D eigenvalue weighted by Gasteiger charge is -2.47. The van der Waals surface area contributed by atoms with Crippen molar-refractivity contribution < 1.29 is 5.11 Å². The van der Waals surface area contributed by atoms with E-state index in [1.165, 1.54) is 25.0 Å². The van der Waals surface area contributed by atoms with Crippen molar-refractivity contribution in [1.82, 2.24) is 15.5 Å². The van der Waals surface area contributed by atoms with Gasteiger partial charge in [-0.3, -0.25) is 0 Å². The van der Waals surface area contributed by atoms with Crippen LogP contribution in [0.25, 0.3) is 0 Å². The van der Waals surface area contributed by atoms with Crippen LogP contribution >= 0.6 is 11.6 Å². The maximum atomic E-state index is 10.6. The van der Waals surface area contributed by atoms with Gasteiger partial charge in [-0.2, -0.15) is 0 Å². The van der Waals surface area contributed by atoms with Crippen molar-refractivity contribution in [3.63, 3.8) is 0 Å². The first-order chi connectivity index (χ1) is 13.5. The number of alkyl halides is 1. The molecule has 3 N–H and O–H groups in total. The van der Waals surface area contributed by atoms with Gasteiger partial charge in [0, 0.05) is 35.1 Å². The quantitative estimate of drug-likeness (QED) is 0.556. The number of nitrogens with one attached hydrogen (secondary N) is 2. The summed E-state index contributed by atoms with van der Waals surface area (Å²) < 4.78 is 0. The summed E-state index contributed by atoms with van der Waals surface area (Å²) in [7, 11) is 2.13. The zero-order valence-electron chi connectivity index (χ0n) is 18.2. The van der Waals surface area contributed by atoms with Gasteiger partial charge >= 0.3 is 0 Å². The van der Waals surface area contributed by atoms with Crippen LogP contribution < -0.4 is 10.6 Å². The van der Waals surface area contributed by atoms with Gasteiger partial charge in [-0.25, -0.2) is 0 Å². The van der Waals surface area contributed by atoms with Crippen LogP contribution in [0.5, 0.6) is 0 Å². The van der Waals surface area contributed by atoms with Gasteiger partial charge < -0.3 is 20.6 Å². The molecule has 0 aromatic rings. The summed E-state index contributed by atoms with van der Waals surface area (Å²) in [5.41, 5.74) is 1.60. The molecule has 5 unspecified atom stereocenters. The van der Waals surface area contributed by atoms with Gasteiger partial charge in [0.15, 0.2) is 0 Å². The molecule has 0 saturated heterocycles. The summed E-state index contributed by atoms with van der Waals surface area (Å²) in [6.45, 7) is 7.58. The number of aliphatic hydroxyl groups excluding tert-OH is 1. The van der Waals surface area contributed by atoms with Gasteiger partial charge in [-0.05, 0) is 83.8 Å². The van der Waals surface area contributed by atoms with Gasteiger partial charge in [0.25, 0.3) is 0 Å². The number of fused-ring (bicyclic) bond motifs is 1. The third kappa shape index (κ3) is 5.06. The fourth-order valence-corrected chi connectivity index (χ4v) is 6.40. The number of nitrogens with zero attached hydrogens (tertiary/aromatic N) is 1. The summed E-state index contributed by atoms with van der Waals surface area (Å²) in [6, 6.07) is 0.483. The summed E-state index contributed by atoms with van der Waals surface area (Å²) in [4.78, 5) is 2.45. The molecule has 0 aromatic heterocycles. The lowest BCUT2D eigenvalue weighted by molar-refractivity contribution is 0.0372. The van der Waals surface area contributed by atoms with E-state index in [2.05, 4.69) is 42.5 Å². The van der Waals surface area contributed by atoms with Gasteiger partial charge in [0.1, 0.15) is 0 Å². The third-order valence-corrected chi connectivity index (χ3v) is 8.16. The predicted molar refractivity (Wildman–Crippen MR) is 119 cm³/mol. The van der Waals surface area contributed by atoms with Crippen LogP contribution in [0.3, 0.4) is 0 Å². The summed E-state index contributed by atoms with van der Waals surface area (Å²) in [5, 5.41) is 18.6. The Morgan fingerprint density at radius 3 is 2.71 bits per heavy atom. The van der Waals surface area contributed by atoms with Crippen molar-refractivity contribution in [2.24, 2.45) is 11.8 Å². The van der Waals surface area contributed by atoms with Crippen molar-refractivity contribution in [2.75, 3.05) is 26.7 Å². The van der Waals surface area contributed by atoms with Crippen LogP contribution in [0.1, 0.15) is 71.6 Å². The minimum Gasteiger partial charge on any atom is -0.393 e. The minimum atomic E-state index is -0.148. The highest BCUT2D eigenvalue weighted by Gasteiger charge is 2.45. The molecule has 3 rings (SSSR count). The van der Waals surface area contributed by atoms with E-state index in [9.17, 15) is 5.11 Å². The zero-order chi connectivity index (χ0) is 20.1. The van der Waals surface area contributed by atoms with E-state index < -0.39 is 0 Å². The maximum absolute atomic E-state index is 10.6.